The van der Waals surface area contributed by atoms with Crippen LogP contribution in [0.15, 0.2) is 114 Å². The number of nitrogens with one attached hydrogen (secondary N) is 1. The second-order valence-electron chi connectivity index (χ2n) is 11.2. The minimum atomic E-state index is -4.12. The third-order valence-electron chi connectivity index (χ3n) is 7.12. The summed E-state index contributed by atoms with van der Waals surface area (Å²) in [6.07, 6.45) is 0.275. The summed E-state index contributed by atoms with van der Waals surface area (Å²) in [7, 11) is -4.12. The SMILES string of the molecule is Cc1cccc(CN(C(=O)CN(c2ccc(I)cc2)S(=O)(=O)c2ccccc2)[C@@H](Cc2ccccc2)C(=O)NCC(C)C)c1. The molecule has 0 aliphatic rings. The molecule has 0 saturated heterocycles. The molecule has 2 amide bonds. The van der Waals surface area contributed by atoms with Gasteiger partial charge >= 0.3 is 0 Å². The van der Waals surface area contributed by atoms with E-state index in [9.17, 15) is 18.0 Å². The minimum Gasteiger partial charge on any atom is -0.354 e. The summed E-state index contributed by atoms with van der Waals surface area (Å²) in [5, 5.41) is 3.02. The Balaban J connectivity index is 1.79. The lowest BCUT2D eigenvalue weighted by Gasteiger charge is -2.34. The predicted molar refractivity (Wildman–Crippen MR) is 184 cm³/mol. The van der Waals surface area contributed by atoms with Crippen molar-refractivity contribution in [1.29, 1.82) is 0 Å². The van der Waals surface area contributed by atoms with Crippen molar-refractivity contribution in [1.82, 2.24) is 10.2 Å². The van der Waals surface area contributed by atoms with Gasteiger partial charge in [-0.2, -0.15) is 0 Å². The van der Waals surface area contributed by atoms with Crippen LogP contribution in [0.1, 0.15) is 30.5 Å². The van der Waals surface area contributed by atoms with Gasteiger partial charge in [-0.25, -0.2) is 8.42 Å². The molecule has 0 bridgehead atoms. The monoisotopic (exact) mass is 723 g/mol. The van der Waals surface area contributed by atoms with Crippen molar-refractivity contribution in [2.24, 2.45) is 5.92 Å². The first-order valence-electron chi connectivity index (χ1n) is 14.5. The van der Waals surface area contributed by atoms with Gasteiger partial charge in [0.15, 0.2) is 0 Å². The molecule has 0 aliphatic carbocycles. The molecule has 0 aromatic heterocycles. The van der Waals surface area contributed by atoms with E-state index < -0.39 is 28.5 Å². The highest BCUT2D eigenvalue weighted by Gasteiger charge is 2.34. The normalized spacial score (nSPS) is 12.0. The van der Waals surface area contributed by atoms with Gasteiger partial charge in [0, 0.05) is 23.1 Å². The quantitative estimate of drug-likeness (QED) is 0.167. The standard InChI is InChI=1S/C35H38IN3O4S/c1-26(2)23-37-35(41)33(22-28-12-6-4-7-13-28)38(24-29-14-10-11-27(3)21-29)34(40)25-39(31-19-17-30(36)18-20-31)44(42,43)32-15-8-5-9-16-32/h4-21,26,33H,22-25H2,1-3H3,(H,37,41)/t33-/m0/s1. The molecule has 0 fully saturated rings. The van der Waals surface area contributed by atoms with Crippen LogP contribution < -0.4 is 9.62 Å². The number of halogens is 1. The predicted octanol–water partition coefficient (Wildman–Crippen LogP) is 6.21. The lowest BCUT2D eigenvalue weighted by molar-refractivity contribution is -0.140. The number of nitrogens with zero attached hydrogens (tertiary/aromatic N) is 2. The molecule has 4 aromatic carbocycles. The van der Waals surface area contributed by atoms with Crippen molar-refractivity contribution in [3.63, 3.8) is 0 Å². The molecular weight excluding hydrogens is 685 g/mol. The molecule has 0 unspecified atom stereocenters. The van der Waals surface area contributed by atoms with Gasteiger partial charge in [0.2, 0.25) is 11.8 Å². The van der Waals surface area contributed by atoms with E-state index in [1.807, 2.05) is 75.4 Å². The van der Waals surface area contributed by atoms with Crippen molar-refractivity contribution < 1.29 is 18.0 Å². The smallest absolute Gasteiger partial charge is 0.264 e. The molecule has 1 N–H and O–H groups in total. The lowest BCUT2D eigenvalue weighted by atomic mass is 10.0. The van der Waals surface area contributed by atoms with E-state index in [1.54, 1.807) is 42.5 Å². The highest BCUT2D eigenvalue weighted by Crippen LogP contribution is 2.26. The first-order chi connectivity index (χ1) is 21.0. The molecule has 4 rings (SSSR count). The molecule has 4 aromatic rings. The summed E-state index contributed by atoms with van der Waals surface area (Å²) in [5.41, 5.74) is 3.12. The first kappa shape index (κ1) is 33.2. The molecule has 44 heavy (non-hydrogen) atoms. The molecule has 0 aliphatic heterocycles. The van der Waals surface area contributed by atoms with E-state index in [0.717, 1.165) is 24.6 Å². The van der Waals surface area contributed by atoms with E-state index in [2.05, 4.69) is 27.9 Å². The third kappa shape index (κ3) is 8.92. The number of anilines is 1. The summed E-state index contributed by atoms with van der Waals surface area (Å²) in [6.45, 7) is 6.10. The van der Waals surface area contributed by atoms with Crippen molar-refractivity contribution in [3.8, 4) is 0 Å². The Bertz CT molecular complexity index is 1650. The molecule has 0 spiro atoms. The number of carbonyl (C=O) groups excluding carboxylic acids is 2. The van der Waals surface area contributed by atoms with Crippen molar-refractivity contribution in [3.05, 3.63) is 129 Å². The zero-order chi connectivity index (χ0) is 31.7. The van der Waals surface area contributed by atoms with Crippen molar-refractivity contribution in [2.75, 3.05) is 17.4 Å². The Kier molecular flexibility index (Phi) is 11.6. The van der Waals surface area contributed by atoms with Gasteiger partial charge in [0.1, 0.15) is 12.6 Å². The van der Waals surface area contributed by atoms with Gasteiger partial charge in [-0.3, -0.25) is 13.9 Å². The van der Waals surface area contributed by atoms with Crippen LogP contribution in [-0.2, 0) is 32.6 Å². The van der Waals surface area contributed by atoms with Crippen LogP contribution in [0.3, 0.4) is 0 Å². The minimum absolute atomic E-state index is 0.0760. The molecule has 1 atom stereocenters. The van der Waals surface area contributed by atoms with E-state index in [-0.39, 0.29) is 29.7 Å². The molecule has 7 nitrogen and oxygen atoms in total. The largest absolute Gasteiger partial charge is 0.354 e. The van der Waals surface area contributed by atoms with Gasteiger partial charge in [-0.05, 0) is 83.0 Å². The average molecular weight is 724 g/mol. The van der Waals surface area contributed by atoms with Crippen LogP contribution in [0.5, 0.6) is 0 Å². The Morgan fingerprint density at radius 2 is 1.43 bits per heavy atom. The zero-order valence-corrected chi connectivity index (χ0v) is 28.2. The fourth-order valence-electron chi connectivity index (χ4n) is 4.84. The maximum atomic E-state index is 14.5. The Hall–Kier alpha value is -3.70. The fourth-order valence-corrected chi connectivity index (χ4v) is 6.63. The number of hydrogen-bond donors (Lipinski definition) is 1. The number of amides is 2. The van der Waals surface area contributed by atoms with Crippen molar-refractivity contribution in [2.45, 2.75) is 44.7 Å². The van der Waals surface area contributed by atoms with Gasteiger partial charge in [0.05, 0.1) is 10.6 Å². The third-order valence-corrected chi connectivity index (χ3v) is 9.62. The summed E-state index contributed by atoms with van der Waals surface area (Å²) in [4.78, 5) is 29.9. The number of rotatable bonds is 13. The topological polar surface area (TPSA) is 86.8 Å². The number of sulfonamides is 1. The van der Waals surface area contributed by atoms with E-state index in [1.165, 1.54) is 17.0 Å². The van der Waals surface area contributed by atoms with E-state index >= 15 is 0 Å². The number of carbonyl (C=O) groups is 2. The lowest BCUT2D eigenvalue weighted by Crippen LogP contribution is -2.53. The first-order valence-corrected chi connectivity index (χ1v) is 17.1. The molecule has 0 heterocycles. The molecule has 0 saturated carbocycles. The second-order valence-corrected chi connectivity index (χ2v) is 14.3. The highest BCUT2D eigenvalue weighted by atomic mass is 127. The van der Waals surface area contributed by atoms with Crippen LogP contribution >= 0.6 is 22.6 Å². The maximum absolute atomic E-state index is 14.5. The summed E-state index contributed by atoms with van der Waals surface area (Å²) >= 11 is 2.15. The van der Waals surface area contributed by atoms with Crippen LogP contribution in [0.4, 0.5) is 5.69 Å². The van der Waals surface area contributed by atoms with Gasteiger partial charge in [-0.15, -0.1) is 0 Å². The Morgan fingerprint density at radius 1 is 0.818 bits per heavy atom. The maximum Gasteiger partial charge on any atom is 0.264 e. The van der Waals surface area contributed by atoms with Crippen LogP contribution in [0, 0.1) is 16.4 Å². The van der Waals surface area contributed by atoms with E-state index in [0.29, 0.717) is 12.2 Å². The molecule has 0 radical (unpaired) electrons. The van der Waals surface area contributed by atoms with Gasteiger partial charge in [-0.1, -0.05) is 92.2 Å². The average Bonchev–Trinajstić information content (AvgIpc) is 3.01. The summed E-state index contributed by atoms with van der Waals surface area (Å²) in [6, 6.07) is 31.5. The van der Waals surface area contributed by atoms with Crippen LogP contribution in [0.2, 0.25) is 0 Å². The fraction of sp³-hybridized carbons (Fsp3) is 0.257. The highest BCUT2D eigenvalue weighted by molar-refractivity contribution is 14.1. The van der Waals surface area contributed by atoms with Crippen molar-refractivity contribution >= 4 is 50.1 Å². The summed E-state index contributed by atoms with van der Waals surface area (Å²) < 4.78 is 30.1. The van der Waals surface area contributed by atoms with Gasteiger partial charge < -0.3 is 10.2 Å². The molecular formula is C35H38IN3O4S. The Morgan fingerprint density at radius 3 is 2.05 bits per heavy atom. The number of hydrogen-bond acceptors (Lipinski definition) is 4. The summed E-state index contributed by atoms with van der Waals surface area (Å²) in [5.74, 6) is -0.551. The van der Waals surface area contributed by atoms with Crippen LogP contribution in [0.25, 0.3) is 0 Å². The van der Waals surface area contributed by atoms with Gasteiger partial charge in [0.25, 0.3) is 10.0 Å². The van der Waals surface area contributed by atoms with Crippen LogP contribution in [-0.4, -0.2) is 44.3 Å². The zero-order valence-electron chi connectivity index (χ0n) is 25.2. The number of benzene rings is 4. The molecule has 9 heteroatoms. The number of aryl methyl sites for hydroxylation is 1. The molecule has 230 valence electrons. The van der Waals surface area contributed by atoms with E-state index in [4.69, 9.17) is 0 Å². The second kappa shape index (κ2) is 15.3. The Labute approximate surface area is 274 Å².